The Kier molecular flexibility index (Phi) is 3.81. The fourth-order valence-electron chi connectivity index (χ4n) is 4.43. The molecule has 0 amide bonds. The number of Topliss-reactive ketones (excluding diaryl/α,β-unsaturated/α-hetero) is 3. The number of carbonyl (C=O) groups excluding carboxylic acids is 3. The van der Waals surface area contributed by atoms with Crippen LogP contribution in [0, 0.1) is 5.92 Å². The summed E-state index contributed by atoms with van der Waals surface area (Å²) in [5.41, 5.74) is 2.31. The van der Waals surface area contributed by atoms with Crippen LogP contribution in [0.15, 0.2) is 84.4 Å². The van der Waals surface area contributed by atoms with Crippen LogP contribution in [0.2, 0.25) is 0 Å². The normalized spacial score (nSPS) is 16.9. The van der Waals surface area contributed by atoms with Crippen LogP contribution < -0.4 is 0 Å². The lowest BCUT2D eigenvalue weighted by Crippen LogP contribution is -2.27. The molecule has 0 fully saturated rings. The second kappa shape index (κ2) is 6.38. The number of fused-ring (bicyclic) bond motifs is 2. The SMILES string of the molecule is O=C1C(C(c2ccccc2)C2C(=O)c3ccccc3C2=O)=C(O)c2ccccc21. The summed E-state index contributed by atoms with van der Waals surface area (Å²) in [5, 5.41) is 10.9. The maximum atomic E-state index is 13.2. The minimum Gasteiger partial charge on any atom is -0.507 e. The second-order valence-corrected chi connectivity index (χ2v) is 7.28. The first-order chi connectivity index (χ1) is 14.1. The van der Waals surface area contributed by atoms with Gasteiger partial charge >= 0.3 is 0 Å². The first-order valence-corrected chi connectivity index (χ1v) is 9.39. The second-order valence-electron chi connectivity index (χ2n) is 7.28. The lowest BCUT2D eigenvalue weighted by atomic mass is 9.76. The van der Waals surface area contributed by atoms with Crippen molar-refractivity contribution in [2.75, 3.05) is 0 Å². The van der Waals surface area contributed by atoms with Gasteiger partial charge in [0, 0.05) is 28.2 Å². The van der Waals surface area contributed by atoms with Gasteiger partial charge in [0.2, 0.25) is 0 Å². The largest absolute Gasteiger partial charge is 0.507 e. The molecule has 3 aromatic carbocycles. The van der Waals surface area contributed by atoms with E-state index in [1.807, 2.05) is 6.07 Å². The van der Waals surface area contributed by atoms with E-state index in [4.69, 9.17) is 0 Å². The molecule has 0 saturated heterocycles. The Bertz CT molecular complexity index is 1190. The highest BCUT2D eigenvalue weighted by molar-refractivity contribution is 6.29. The quantitative estimate of drug-likeness (QED) is 0.673. The number of aliphatic hydroxyl groups is 1. The van der Waals surface area contributed by atoms with Crippen molar-refractivity contribution in [1.82, 2.24) is 0 Å². The van der Waals surface area contributed by atoms with E-state index in [-0.39, 0.29) is 28.7 Å². The van der Waals surface area contributed by atoms with Crippen LogP contribution in [0.1, 0.15) is 48.1 Å². The van der Waals surface area contributed by atoms with Gasteiger partial charge in [0.05, 0.1) is 11.5 Å². The monoisotopic (exact) mass is 380 g/mol. The smallest absolute Gasteiger partial charge is 0.194 e. The van der Waals surface area contributed by atoms with Crippen molar-refractivity contribution in [3.63, 3.8) is 0 Å². The van der Waals surface area contributed by atoms with Gasteiger partial charge in [-0.3, -0.25) is 14.4 Å². The van der Waals surface area contributed by atoms with Gasteiger partial charge in [-0.25, -0.2) is 0 Å². The first kappa shape index (κ1) is 17.3. The fraction of sp³-hybridized carbons (Fsp3) is 0.0800. The van der Waals surface area contributed by atoms with Gasteiger partial charge in [-0.2, -0.15) is 0 Å². The van der Waals surface area contributed by atoms with Crippen molar-refractivity contribution in [2.45, 2.75) is 5.92 Å². The van der Waals surface area contributed by atoms with Crippen LogP contribution in [0.4, 0.5) is 0 Å². The predicted molar refractivity (Wildman–Crippen MR) is 108 cm³/mol. The number of allylic oxidation sites excluding steroid dienone is 1. The van der Waals surface area contributed by atoms with Gasteiger partial charge in [-0.1, -0.05) is 78.9 Å². The van der Waals surface area contributed by atoms with Crippen LogP contribution >= 0.6 is 0 Å². The first-order valence-electron chi connectivity index (χ1n) is 9.39. The Morgan fingerprint density at radius 1 is 0.621 bits per heavy atom. The maximum Gasteiger partial charge on any atom is 0.194 e. The van der Waals surface area contributed by atoms with Crippen molar-refractivity contribution >= 4 is 23.1 Å². The molecular formula is C25H16O4. The molecule has 2 aliphatic rings. The van der Waals surface area contributed by atoms with E-state index in [1.54, 1.807) is 72.8 Å². The Hall–Kier alpha value is -3.79. The molecule has 1 atom stereocenters. The van der Waals surface area contributed by atoms with Gasteiger partial charge in [-0.05, 0) is 5.56 Å². The summed E-state index contributed by atoms with van der Waals surface area (Å²) < 4.78 is 0. The molecule has 1 N–H and O–H groups in total. The molecule has 0 aliphatic heterocycles. The topological polar surface area (TPSA) is 71.4 Å². The zero-order chi connectivity index (χ0) is 20.1. The van der Waals surface area contributed by atoms with Crippen molar-refractivity contribution in [3.8, 4) is 0 Å². The van der Waals surface area contributed by atoms with Crippen LogP contribution in [-0.4, -0.2) is 22.5 Å². The lowest BCUT2D eigenvalue weighted by Gasteiger charge is -2.23. The molecule has 4 heteroatoms. The molecule has 4 nitrogen and oxygen atoms in total. The number of benzene rings is 3. The number of ketones is 3. The van der Waals surface area contributed by atoms with Crippen molar-refractivity contribution < 1.29 is 19.5 Å². The van der Waals surface area contributed by atoms with Crippen LogP contribution in [-0.2, 0) is 0 Å². The number of rotatable bonds is 3. The molecule has 0 heterocycles. The van der Waals surface area contributed by atoms with Crippen LogP contribution in [0.5, 0.6) is 0 Å². The number of hydrogen-bond donors (Lipinski definition) is 1. The van der Waals surface area contributed by atoms with E-state index in [1.165, 1.54) is 0 Å². The summed E-state index contributed by atoms with van der Waals surface area (Å²) in [7, 11) is 0. The third-order valence-corrected chi connectivity index (χ3v) is 5.75. The zero-order valence-electron chi connectivity index (χ0n) is 15.3. The Labute approximate surface area is 167 Å². The summed E-state index contributed by atoms with van der Waals surface area (Å²) in [6, 6.07) is 22.5. The van der Waals surface area contributed by atoms with E-state index >= 15 is 0 Å². The minimum absolute atomic E-state index is 0.108. The van der Waals surface area contributed by atoms with Crippen molar-refractivity contribution in [2.24, 2.45) is 5.92 Å². The summed E-state index contributed by atoms with van der Waals surface area (Å²) in [6.45, 7) is 0. The molecule has 29 heavy (non-hydrogen) atoms. The highest BCUT2D eigenvalue weighted by Crippen LogP contribution is 2.46. The third-order valence-electron chi connectivity index (χ3n) is 5.75. The Morgan fingerprint density at radius 3 is 1.66 bits per heavy atom. The van der Waals surface area contributed by atoms with E-state index in [0.717, 1.165) is 0 Å². The van der Waals surface area contributed by atoms with Gasteiger partial charge in [0.15, 0.2) is 17.3 Å². The van der Waals surface area contributed by atoms with E-state index in [0.29, 0.717) is 27.8 Å². The maximum absolute atomic E-state index is 13.2. The predicted octanol–water partition coefficient (Wildman–Crippen LogP) is 4.63. The van der Waals surface area contributed by atoms with Crippen LogP contribution in [0.3, 0.4) is 0 Å². The standard InChI is InChI=1S/C25H16O4/c26-22-15-10-4-5-11-16(15)23(27)20(22)19(14-8-2-1-3-9-14)21-24(28)17-12-6-7-13-18(17)25(21)29/h1-13,19-20,28H. The Morgan fingerprint density at radius 2 is 1.10 bits per heavy atom. The van der Waals surface area contributed by atoms with E-state index < -0.39 is 11.8 Å². The fourth-order valence-corrected chi connectivity index (χ4v) is 4.43. The lowest BCUT2D eigenvalue weighted by molar-refractivity contribution is 0.0821. The average Bonchev–Trinajstić information content (AvgIpc) is 3.16. The molecular weight excluding hydrogens is 364 g/mol. The van der Waals surface area contributed by atoms with Gasteiger partial charge in [0.25, 0.3) is 0 Å². The zero-order valence-corrected chi connectivity index (χ0v) is 15.3. The Balaban J connectivity index is 1.72. The number of hydrogen-bond acceptors (Lipinski definition) is 4. The summed E-state index contributed by atoms with van der Waals surface area (Å²) in [4.78, 5) is 39.7. The van der Waals surface area contributed by atoms with Crippen molar-refractivity contribution in [1.29, 1.82) is 0 Å². The third kappa shape index (κ3) is 2.42. The average molecular weight is 380 g/mol. The van der Waals surface area contributed by atoms with Gasteiger partial charge < -0.3 is 5.11 Å². The minimum atomic E-state index is -1.08. The molecule has 1 unspecified atom stereocenters. The van der Waals surface area contributed by atoms with Gasteiger partial charge in [-0.15, -0.1) is 0 Å². The number of aliphatic hydroxyl groups excluding tert-OH is 1. The molecule has 0 bridgehead atoms. The van der Waals surface area contributed by atoms with E-state index in [9.17, 15) is 19.5 Å². The van der Waals surface area contributed by atoms with Crippen molar-refractivity contribution in [3.05, 3.63) is 112 Å². The van der Waals surface area contributed by atoms with E-state index in [2.05, 4.69) is 0 Å². The highest BCUT2D eigenvalue weighted by atomic mass is 16.3. The summed E-state index contributed by atoms with van der Waals surface area (Å²) in [5.74, 6) is -3.07. The molecule has 140 valence electrons. The molecule has 5 rings (SSSR count). The highest BCUT2D eigenvalue weighted by Gasteiger charge is 2.48. The summed E-state index contributed by atoms with van der Waals surface area (Å²) >= 11 is 0. The molecule has 2 aliphatic carbocycles. The number of carbonyl (C=O) groups is 3. The summed E-state index contributed by atoms with van der Waals surface area (Å²) in [6.07, 6.45) is 0. The molecule has 0 aromatic heterocycles. The molecule has 0 saturated carbocycles. The molecule has 0 spiro atoms. The van der Waals surface area contributed by atoms with Crippen LogP contribution in [0.25, 0.3) is 5.76 Å². The molecule has 0 radical (unpaired) electrons. The molecule has 3 aromatic rings. The van der Waals surface area contributed by atoms with Gasteiger partial charge in [0.1, 0.15) is 5.76 Å².